The lowest BCUT2D eigenvalue weighted by molar-refractivity contribution is 0.0538. The average Bonchev–Trinajstić information content (AvgIpc) is 2.62. The first-order valence-corrected chi connectivity index (χ1v) is 10.2. The Morgan fingerprint density at radius 1 is 1.24 bits per heavy atom. The van der Waals surface area contributed by atoms with E-state index in [1.54, 1.807) is 6.07 Å². The summed E-state index contributed by atoms with van der Waals surface area (Å²) in [6.07, 6.45) is 2.27. The Bertz CT molecular complexity index is 753. The second-order valence-corrected chi connectivity index (χ2v) is 8.90. The molecular weight excluding hydrogens is 338 g/mol. The van der Waals surface area contributed by atoms with Crippen LogP contribution < -0.4 is 0 Å². The van der Waals surface area contributed by atoms with Crippen LogP contribution in [-0.2, 0) is 10.0 Å². The van der Waals surface area contributed by atoms with Gasteiger partial charge in [0.15, 0.2) is 5.69 Å². The van der Waals surface area contributed by atoms with Crippen LogP contribution in [-0.4, -0.2) is 79.9 Å². The summed E-state index contributed by atoms with van der Waals surface area (Å²) in [5, 5.41) is 9.16. The molecule has 0 bridgehead atoms. The highest BCUT2D eigenvalue weighted by Gasteiger charge is 2.37. The van der Waals surface area contributed by atoms with E-state index in [0.29, 0.717) is 19.1 Å². The van der Waals surface area contributed by atoms with E-state index in [-0.39, 0.29) is 16.5 Å². The minimum absolute atomic E-state index is 0.0164. The monoisotopic (exact) mass is 363 g/mol. The van der Waals surface area contributed by atoms with Gasteiger partial charge in [0.05, 0.1) is 0 Å². The summed E-state index contributed by atoms with van der Waals surface area (Å²) >= 11 is 0. The van der Waals surface area contributed by atoms with Crippen LogP contribution in [0.4, 0.5) is 0 Å². The van der Waals surface area contributed by atoms with Crippen molar-refractivity contribution >= 4 is 10.0 Å². The number of piperazine rings is 1. The molecule has 1 aromatic heterocycles. The smallest absolute Gasteiger partial charge is 0.245 e. The van der Waals surface area contributed by atoms with Gasteiger partial charge in [-0.25, -0.2) is 13.4 Å². The van der Waals surface area contributed by atoms with Crippen molar-refractivity contribution in [3.8, 4) is 6.07 Å². The second kappa shape index (κ2) is 7.38. The number of aromatic nitrogens is 1. The molecule has 25 heavy (non-hydrogen) atoms. The predicted octanol–water partition coefficient (Wildman–Crippen LogP) is 0.600. The molecule has 136 valence electrons. The third-order valence-electron chi connectivity index (χ3n) is 5.32. The Balaban J connectivity index is 1.73. The molecule has 2 atom stereocenters. The molecule has 2 unspecified atom stereocenters. The minimum atomic E-state index is -3.68. The largest absolute Gasteiger partial charge is 0.304 e. The van der Waals surface area contributed by atoms with Crippen molar-refractivity contribution in [3.05, 3.63) is 24.0 Å². The van der Waals surface area contributed by atoms with Gasteiger partial charge in [-0.15, -0.1) is 0 Å². The number of nitriles is 1. The number of likely N-dealkylation sites (N-methyl/N-ethyl adjacent to an activating group) is 1. The molecule has 2 aliphatic rings. The molecule has 2 fully saturated rings. The van der Waals surface area contributed by atoms with Crippen LogP contribution in [0, 0.1) is 17.2 Å². The molecule has 8 heteroatoms. The summed E-state index contributed by atoms with van der Waals surface area (Å²) in [6, 6.07) is 5.34. The molecule has 2 aliphatic heterocycles. The fraction of sp³-hybridized carbons (Fsp3) is 0.647. The molecule has 0 saturated carbocycles. The normalized spacial score (nSPS) is 27.1. The number of rotatable bonds is 3. The lowest BCUT2D eigenvalue weighted by atomic mass is 9.93. The van der Waals surface area contributed by atoms with E-state index in [0.717, 1.165) is 32.6 Å². The van der Waals surface area contributed by atoms with Crippen molar-refractivity contribution in [2.75, 3.05) is 46.3 Å². The van der Waals surface area contributed by atoms with Crippen molar-refractivity contribution in [2.24, 2.45) is 5.92 Å². The maximum absolute atomic E-state index is 13.0. The molecule has 0 N–H and O–H groups in total. The number of piperidine rings is 1. The highest BCUT2D eigenvalue weighted by Crippen LogP contribution is 2.28. The molecule has 0 spiro atoms. The topological polar surface area (TPSA) is 80.5 Å². The van der Waals surface area contributed by atoms with Crippen molar-refractivity contribution in [1.29, 1.82) is 5.26 Å². The van der Waals surface area contributed by atoms with Crippen LogP contribution in [0.25, 0.3) is 0 Å². The fourth-order valence-corrected chi connectivity index (χ4v) is 5.48. The Labute approximate surface area is 149 Å². The quantitative estimate of drug-likeness (QED) is 0.782. The lowest BCUT2D eigenvalue weighted by Crippen LogP contribution is -2.56. The van der Waals surface area contributed by atoms with E-state index in [1.807, 2.05) is 6.07 Å². The fourth-order valence-electron chi connectivity index (χ4n) is 3.83. The Morgan fingerprint density at radius 2 is 1.96 bits per heavy atom. The maximum atomic E-state index is 13.0. The SMILES string of the molecule is CC1CN(S(=O)(=O)c2cccnc2C#N)CCC1N1CCN(C)CC1. The summed E-state index contributed by atoms with van der Waals surface area (Å²) in [7, 11) is -1.54. The lowest BCUT2D eigenvalue weighted by Gasteiger charge is -2.45. The van der Waals surface area contributed by atoms with Gasteiger partial charge in [0.1, 0.15) is 11.0 Å². The van der Waals surface area contributed by atoms with E-state index < -0.39 is 10.0 Å². The Hall–Kier alpha value is -1.53. The number of pyridine rings is 1. The molecule has 0 amide bonds. The number of nitrogens with zero attached hydrogens (tertiary/aromatic N) is 5. The summed E-state index contributed by atoms with van der Waals surface area (Å²) in [5.74, 6) is 0.258. The van der Waals surface area contributed by atoms with Gasteiger partial charge in [0.25, 0.3) is 0 Å². The van der Waals surface area contributed by atoms with Crippen LogP contribution in [0.5, 0.6) is 0 Å². The first-order chi connectivity index (χ1) is 11.9. The van der Waals surface area contributed by atoms with E-state index in [4.69, 9.17) is 5.26 Å². The molecule has 3 heterocycles. The zero-order chi connectivity index (χ0) is 18.0. The Morgan fingerprint density at radius 3 is 2.60 bits per heavy atom. The van der Waals surface area contributed by atoms with Gasteiger partial charge in [-0.2, -0.15) is 9.57 Å². The summed E-state index contributed by atoms with van der Waals surface area (Å²) in [4.78, 5) is 8.73. The third kappa shape index (κ3) is 3.70. The van der Waals surface area contributed by atoms with Crippen molar-refractivity contribution < 1.29 is 8.42 Å². The summed E-state index contributed by atoms with van der Waals surface area (Å²) in [6.45, 7) is 7.30. The minimum Gasteiger partial charge on any atom is -0.304 e. The molecule has 0 aliphatic carbocycles. The van der Waals surface area contributed by atoms with Gasteiger partial charge < -0.3 is 4.90 Å². The Kier molecular flexibility index (Phi) is 5.39. The van der Waals surface area contributed by atoms with Crippen molar-refractivity contribution in [2.45, 2.75) is 24.3 Å². The summed E-state index contributed by atoms with van der Waals surface area (Å²) < 4.78 is 27.4. The molecule has 3 rings (SSSR count). The predicted molar refractivity (Wildman–Crippen MR) is 94.3 cm³/mol. The molecule has 1 aromatic rings. The maximum Gasteiger partial charge on any atom is 0.245 e. The van der Waals surface area contributed by atoms with Crippen LogP contribution in [0.2, 0.25) is 0 Å². The second-order valence-electron chi connectivity index (χ2n) is 7.00. The number of hydrogen-bond acceptors (Lipinski definition) is 6. The third-order valence-corrected chi connectivity index (χ3v) is 7.22. The van der Waals surface area contributed by atoms with Gasteiger partial charge in [0.2, 0.25) is 10.0 Å². The molecule has 7 nitrogen and oxygen atoms in total. The van der Waals surface area contributed by atoms with Crippen LogP contribution >= 0.6 is 0 Å². The standard InChI is InChI=1S/C17H25N5O2S/c1-14-13-22(7-5-16(14)21-10-8-20(2)9-11-21)25(23,24)17-4-3-6-19-15(17)12-18/h3-4,6,14,16H,5,7-11,13H2,1-2H3. The highest BCUT2D eigenvalue weighted by atomic mass is 32.2. The van der Waals surface area contributed by atoms with E-state index in [9.17, 15) is 8.42 Å². The molecule has 0 aromatic carbocycles. The average molecular weight is 363 g/mol. The molecule has 0 radical (unpaired) electrons. The number of sulfonamides is 1. The molecule has 2 saturated heterocycles. The first-order valence-electron chi connectivity index (χ1n) is 8.71. The van der Waals surface area contributed by atoms with E-state index in [2.05, 4.69) is 28.8 Å². The van der Waals surface area contributed by atoms with Crippen molar-refractivity contribution in [3.63, 3.8) is 0 Å². The van der Waals surface area contributed by atoms with Gasteiger partial charge in [-0.05, 0) is 31.5 Å². The first kappa shape index (κ1) is 18.3. The highest BCUT2D eigenvalue weighted by molar-refractivity contribution is 7.89. The van der Waals surface area contributed by atoms with Crippen LogP contribution in [0.3, 0.4) is 0 Å². The van der Waals surface area contributed by atoms with Gasteiger partial charge in [-0.3, -0.25) is 4.90 Å². The zero-order valence-corrected chi connectivity index (χ0v) is 15.6. The van der Waals surface area contributed by atoms with E-state index >= 15 is 0 Å². The van der Waals surface area contributed by atoms with Crippen LogP contribution in [0.1, 0.15) is 19.0 Å². The molecular formula is C17H25N5O2S. The van der Waals surface area contributed by atoms with Crippen molar-refractivity contribution in [1.82, 2.24) is 19.1 Å². The summed E-state index contributed by atoms with van der Waals surface area (Å²) in [5.41, 5.74) is -0.0312. The van der Waals surface area contributed by atoms with Gasteiger partial charge in [0, 0.05) is 51.5 Å². The number of hydrogen-bond donors (Lipinski definition) is 0. The van der Waals surface area contributed by atoms with E-state index in [1.165, 1.54) is 16.6 Å². The van der Waals surface area contributed by atoms with Crippen LogP contribution in [0.15, 0.2) is 23.2 Å². The van der Waals surface area contributed by atoms with Gasteiger partial charge in [-0.1, -0.05) is 6.92 Å². The van der Waals surface area contributed by atoms with Gasteiger partial charge >= 0.3 is 0 Å². The zero-order valence-electron chi connectivity index (χ0n) is 14.8.